The number of rotatable bonds is 4. The van der Waals surface area contributed by atoms with Gasteiger partial charge in [-0.2, -0.15) is 0 Å². The van der Waals surface area contributed by atoms with Gasteiger partial charge < -0.3 is 4.74 Å². The second kappa shape index (κ2) is 6.21. The van der Waals surface area contributed by atoms with Crippen molar-refractivity contribution in [3.8, 4) is 11.5 Å². The molecule has 0 N–H and O–H groups in total. The van der Waals surface area contributed by atoms with E-state index in [0.717, 1.165) is 11.3 Å². The van der Waals surface area contributed by atoms with Crippen LogP contribution >= 0.6 is 11.6 Å². The van der Waals surface area contributed by atoms with Crippen LogP contribution in [-0.2, 0) is 4.79 Å². The average Bonchev–Trinajstić information content (AvgIpc) is 2.40. The summed E-state index contributed by atoms with van der Waals surface area (Å²) in [5.74, 6) is 1.45. The Labute approximate surface area is 117 Å². The van der Waals surface area contributed by atoms with Crippen LogP contribution in [0.5, 0.6) is 11.5 Å². The summed E-state index contributed by atoms with van der Waals surface area (Å²) >= 11 is 5.81. The molecular weight excluding hydrogens is 260 g/mol. The summed E-state index contributed by atoms with van der Waals surface area (Å²) in [4.78, 5) is 10.9. The fourth-order valence-electron chi connectivity index (χ4n) is 1.53. The van der Waals surface area contributed by atoms with Crippen molar-refractivity contribution in [3.05, 3.63) is 65.2 Å². The predicted octanol–water partition coefficient (Wildman–Crippen LogP) is 4.73. The predicted molar refractivity (Wildman–Crippen MR) is 77.7 cm³/mol. The fraction of sp³-hybridized carbons (Fsp3) is 0.0625. The van der Waals surface area contributed by atoms with Crippen LogP contribution in [0.4, 0.5) is 0 Å². The number of allylic oxidation sites excluding steroid dienone is 1. The Morgan fingerprint density at radius 2 is 1.84 bits per heavy atom. The third-order valence-electron chi connectivity index (χ3n) is 2.42. The molecule has 0 saturated carbocycles. The first-order valence-electron chi connectivity index (χ1n) is 5.85. The van der Waals surface area contributed by atoms with Gasteiger partial charge in [-0.05, 0) is 55.0 Å². The van der Waals surface area contributed by atoms with E-state index in [0.29, 0.717) is 10.8 Å². The van der Waals surface area contributed by atoms with Gasteiger partial charge in [-0.1, -0.05) is 29.8 Å². The highest BCUT2D eigenvalue weighted by molar-refractivity contribution is 6.30. The van der Waals surface area contributed by atoms with Crippen LogP contribution in [0.1, 0.15) is 12.5 Å². The molecule has 0 aliphatic heterocycles. The van der Waals surface area contributed by atoms with Gasteiger partial charge in [0.2, 0.25) is 0 Å². The molecule has 2 aromatic rings. The minimum Gasteiger partial charge on any atom is -0.457 e. The summed E-state index contributed by atoms with van der Waals surface area (Å²) < 4.78 is 5.70. The molecule has 0 spiro atoms. The summed E-state index contributed by atoms with van der Waals surface area (Å²) in [5, 5.41) is 0.672. The molecule has 2 rings (SSSR count). The number of halogens is 1. The highest BCUT2D eigenvalue weighted by Crippen LogP contribution is 2.24. The summed E-state index contributed by atoms with van der Waals surface area (Å²) in [6.07, 6.45) is 3.29. The highest BCUT2D eigenvalue weighted by atomic mass is 35.5. The van der Waals surface area contributed by atoms with Crippen molar-refractivity contribution in [2.45, 2.75) is 6.92 Å². The quantitative estimate of drug-likeness (QED) is 0.752. The number of hydrogen-bond acceptors (Lipinski definition) is 2. The first kappa shape index (κ1) is 13.4. The van der Waals surface area contributed by atoms with E-state index < -0.39 is 0 Å². The normalized spacial score (nSPS) is 10.6. The van der Waals surface area contributed by atoms with Crippen LogP contribution < -0.4 is 4.74 Å². The standard InChI is InChI=1S/C16H13ClO2/c1-12(18)5-6-13-3-2-4-16(11-13)19-15-9-7-14(17)8-10-15/h2-11H,1H3. The molecule has 0 unspecified atom stereocenters. The third kappa shape index (κ3) is 4.27. The molecular formula is C16H13ClO2. The second-order valence-corrected chi connectivity index (χ2v) is 4.51. The number of benzene rings is 2. The molecule has 3 heteroatoms. The van der Waals surface area contributed by atoms with E-state index >= 15 is 0 Å². The summed E-state index contributed by atoms with van der Waals surface area (Å²) in [6, 6.07) is 14.7. The number of ketones is 1. The zero-order valence-electron chi connectivity index (χ0n) is 10.5. The van der Waals surface area contributed by atoms with E-state index in [4.69, 9.17) is 16.3 Å². The molecule has 19 heavy (non-hydrogen) atoms. The Hall–Kier alpha value is -2.06. The molecule has 0 radical (unpaired) electrons. The third-order valence-corrected chi connectivity index (χ3v) is 2.67. The molecule has 0 aliphatic carbocycles. The lowest BCUT2D eigenvalue weighted by atomic mass is 10.2. The molecule has 0 bridgehead atoms. The molecule has 2 nitrogen and oxygen atoms in total. The SMILES string of the molecule is CC(=O)C=Cc1cccc(Oc2ccc(Cl)cc2)c1. The van der Waals surface area contributed by atoms with Crippen LogP contribution in [-0.4, -0.2) is 5.78 Å². The van der Waals surface area contributed by atoms with Gasteiger partial charge in [0.25, 0.3) is 0 Å². The molecule has 0 fully saturated rings. The van der Waals surface area contributed by atoms with E-state index in [2.05, 4.69) is 0 Å². The smallest absolute Gasteiger partial charge is 0.152 e. The van der Waals surface area contributed by atoms with Crippen molar-refractivity contribution in [3.63, 3.8) is 0 Å². The minimum atomic E-state index is 0.0176. The van der Waals surface area contributed by atoms with E-state index in [9.17, 15) is 4.79 Å². The molecule has 0 aromatic heterocycles. The maximum absolute atomic E-state index is 10.9. The maximum Gasteiger partial charge on any atom is 0.152 e. The van der Waals surface area contributed by atoms with Gasteiger partial charge in [0.1, 0.15) is 11.5 Å². The Morgan fingerprint density at radius 3 is 2.53 bits per heavy atom. The molecule has 96 valence electrons. The van der Waals surface area contributed by atoms with Crippen molar-refractivity contribution in [2.24, 2.45) is 0 Å². The van der Waals surface area contributed by atoms with E-state index in [1.54, 1.807) is 30.3 Å². The Morgan fingerprint density at radius 1 is 1.11 bits per heavy atom. The van der Waals surface area contributed by atoms with Crippen molar-refractivity contribution >= 4 is 23.5 Å². The lowest BCUT2D eigenvalue weighted by Gasteiger charge is -2.06. The van der Waals surface area contributed by atoms with Gasteiger partial charge in [-0.15, -0.1) is 0 Å². The molecule has 0 amide bonds. The number of ether oxygens (including phenoxy) is 1. The zero-order chi connectivity index (χ0) is 13.7. The van der Waals surface area contributed by atoms with Crippen LogP contribution in [0.25, 0.3) is 6.08 Å². The van der Waals surface area contributed by atoms with Gasteiger partial charge >= 0.3 is 0 Å². The van der Waals surface area contributed by atoms with E-state index in [1.165, 1.54) is 13.0 Å². The number of carbonyl (C=O) groups excluding carboxylic acids is 1. The van der Waals surface area contributed by atoms with Crippen LogP contribution in [0.2, 0.25) is 5.02 Å². The van der Waals surface area contributed by atoms with E-state index in [1.807, 2.05) is 24.3 Å². The van der Waals surface area contributed by atoms with Gasteiger partial charge in [-0.3, -0.25) is 4.79 Å². The zero-order valence-corrected chi connectivity index (χ0v) is 11.2. The monoisotopic (exact) mass is 272 g/mol. The van der Waals surface area contributed by atoms with Crippen LogP contribution in [0.3, 0.4) is 0 Å². The van der Waals surface area contributed by atoms with Gasteiger partial charge in [-0.25, -0.2) is 0 Å². The van der Waals surface area contributed by atoms with E-state index in [-0.39, 0.29) is 5.78 Å². The Kier molecular flexibility index (Phi) is 4.37. The molecule has 0 saturated heterocycles. The first-order chi connectivity index (χ1) is 9.13. The van der Waals surface area contributed by atoms with Crippen molar-refractivity contribution in [1.29, 1.82) is 0 Å². The summed E-state index contributed by atoms with van der Waals surface area (Å²) in [6.45, 7) is 1.52. The van der Waals surface area contributed by atoms with Crippen molar-refractivity contribution in [2.75, 3.05) is 0 Å². The highest BCUT2D eigenvalue weighted by Gasteiger charge is 1.98. The summed E-state index contributed by atoms with van der Waals surface area (Å²) in [7, 11) is 0. The summed E-state index contributed by atoms with van der Waals surface area (Å²) in [5.41, 5.74) is 0.918. The number of hydrogen-bond donors (Lipinski definition) is 0. The topological polar surface area (TPSA) is 26.3 Å². The molecule has 0 atom stereocenters. The van der Waals surface area contributed by atoms with Gasteiger partial charge in [0.05, 0.1) is 0 Å². The minimum absolute atomic E-state index is 0.0176. The van der Waals surface area contributed by atoms with Crippen molar-refractivity contribution < 1.29 is 9.53 Å². The van der Waals surface area contributed by atoms with Crippen molar-refractivity contribution in [1.82, 2.24) is 0 Å². The Bertz CT molecular complexity index is 600. The van der Waals surface area contributed by atoms with Gasteiger partial charge in [0, 0.05) is 5.02 Å². The Balaban J connectivity index is 2.15. The average molecular weight is 273 g/mol. The maximum atomic E-state index is 10.9. The second-order valence-electron chi connectivity index (χ2n) is 4.07. The van der Waals surface area contributed by atoms with Crippen LogP contribution in [0, 0.1) is 0 Å². The van der Waals surface area contributed by atoms with Gasteiger partial charge in [0.15, 0.2) is 5.78 Å². The van der Waals surface area contributed by atoms with Crippen LogP contribution in [0.15, 0.2) is 54.6 Å². The molecule has 0 aliphatic rings. The lowest BCUT2D eigenvalue weighted by molar-refractivity contribution is -0.112. The lowest BCUT2D eigenvalue weighted by Crippen LogP contribution is -1.85. The number of carbonyl (C=O) groups is 1. The molecule has 2 aromatic carbocycles. The largest absolute Gasteiger partial charge is 0.457 e. The molecule has 0 heterocycles. The fourth-order valence-corrected chi connectivity index (χ4v) is 1.66. The first-order valence-corrected chi connectivity index (χ1v) is 6.23.